The number of aromatic nitrogens is 9. The Balaban J connectivity index is 0.000000157. The van der Waals surface area contributed by atoms with E-state index in [-0.39, 0.29) is 59.4 Å². The van der Waals surface area contributed by atoms with Gasteiger partial charge in [-0.25, -0.2) is 49.9 Å². The second kappa shape index (κ2) is 34.2. The van der Waals surface area contributed by atoms with Crippen LogP contribution in [0.25, 0.3) is 45.0 Å². The quantitative estimate of drug-likeness (QED) is 0.0495. The molecule has 6 amide bonds. The number of carbonyl (C=O) groups excluding carboxylic acids is 6. The van der Waals surface area contributed by atoms with Gasteiger partial charge in [0.05, 0.1) is 77.5 Å². The highest BCUT2D eigenvalue weighted by atomic mass is 19.2. The molecule has 24 nitrogen and oxygen atoms in total. The summed E-state index contributed by atoms with van der Waals surface area (Å²) in [6.45, 7) is 22.5. The predicted octanol–water partition coefficient (Wildman–Crippen LogP) is 12.5. The summed E-state index contributed by atoms with van der Waals surface area (Å²) >= 11 is 0. The maximum atomic E-state index is 14.3. The van der Waals surface area contributed by atoms with Crippen molar-refractivity contribution in [3.8, 4) is 45.0 Å². The number of halogens is 7. The van der Waals surface area contributed by atoms with Crippen LogP contribution in [0.5, 0.6) is 0 Å². The van der Waals surface area contributed by atoms with Crippen LogP contribution in [0.2, 0.25) is 0 Å². The summed E-state index contributed by atoms with van der Waals surface area (Å²) in [7, 11) is 1.57. The molecule has 0 spiro atoms. The van der Waals surface area contributed by atoms with Crippen molar-refractivity contribution in [1.29, 1.82) is 0 Å². The SMILES string of the molecule is CC(C)(C)[C@@H](CO)NC(=O)n1nc(-c2cc(F)c(F)cc2F)c2c1CCCC2.CC1(C)CCc2c(c(-c3ccc(F)c(F)c3)nn2C(=O)N[C@H](C(N)=O)C(C)(C)C)C1.CNC(=O)[C@@H](NC(=O)n1nc(-c2ccncc2)c2c1CCCC2)C(C)(C)C.O=C(N1CCC(O)CC1)n1nc(-c2ccc(F)c(F)c2)c2c1CCOC2. The van der Waals surface area contributed by atoms with Gasteiger partial charge >= 0.3 is 24.1 Å². The number of nitrogens with one attached hydrogen (secondary N) is 4. The number of likely N-dealkylation sites (N-methyl/N-ethyl adjacent to an activating group) is 1. The van der Waals surface area contributed by atoms with Gasteiger partial charge in [0.2, 0.25) is 11.8 Å². The number of fused-ring (bicyclic) bond motifs is 4. The molecule has 5 aliphatic rings. The molecule has 1 fully saturated rings. The van der Waals surface area contributed by atoms with Crippen molar-refractivity contribution >= 4 is 35.9 Å². The first-order valence-corrected chi connectivity index (χ1v) is 37.3. The van der Waals surface area contributed by atoms with Gasteiger partial charge < -0.3 is 46.9 Å². The molecule has 5 aromatic heterocycles. The van der Waals surface area contributed by atoms with Crippen LogP contribution in [0.15, 0.2) is 73.1 Å². The number of aliphatic hydroxyl groups excluding tert-OH is 2. The fourth-order valence-electron chi connectivity index (χ4n) is 14.3. The molecule has 8 N–H and O–H groups in total. The minimum atomic E-state index is -1.27. The van der Waals surface area contributed by atoms with E-state index in [1.807, 2.05) is 53.7 Å². The third kappa shape index (κ3) is 19.1. The third-order valence-corrected chi connectivity index (χ3v) is 20.6. The zero-order chi connectivity index (χ0) is 80.9. The van der Waals surface area contributed by atoms with Crippen molar-refractivity contribution in [3.05, 3.63) is 159 Å². The molecule has 0 bridgehead atoms. The molecule has 8 aromatic rings. The third-order valence-electron chi connectivity index (χ3n) is 20.6. The van der Waals surface area contributed by atoms with Gasteiger partial charge in [0.15, 0.2) is 34.9 Å². The molecule has 3 aliphatic carbocycles. The van der Waals surface area contributed by atoms with Crippen molar-refractivity contribution < 1.29 is 74.5 Å². The van der Waals surface area contributed by atoms with Gasteiger partial charge in [-0.1, -0.05) is 76.2 Å². The number of pyridine rings is 1. The number of amides is 6. The van der Waals surface area contributed by atoms with E-state index in [1.54, 1.807) is 45.1 Å². The van der Waals surface area contributed by atoms with Gasteiger partial charge in [0.1, 0.15) is 17.9 Å². The summed E-state index contributed by atoms with van der Waals surface area (Å²) in [5, 5.41) is 47.9. The molecule has 31 heteroatoms. The Hall–Kier alpha value is -10.1. The first-order chi connectivity index (χ1) is 52.3. The van der Waals surface area contributed by atoms with Crippen molar-refractivity contribution in [2.24, 2.45) is 27.4 Å². The standard InChI is InChI=1S/C22H28F2N4O2.C20H24F3N3O2.C20H27N5O2.C18H19F2N3O3/c1-21(2,3)18(19(25)29)26-20(30)28-16-8-9-22(4,5)11-13(16)17(27-28)12-6-7-14(23)15(24)10-12;1-20(2,3)17(10-27)24-19(28)26-16-7-5-4-6-11(16)18(25-26)12-8-14(22)15(23)9-13(12)21;1-20(2,3)17(18(26)21-4)23-19(27)25-15-8-6-5-7-14(15)16(24-25)13-9-11-22-12-10-13;19-14-2-1-11(9-15(14)20)17-13-10-26-8-5-16(13)23(21-17)18(25)22-6-3-12(24)4-7-22/h6-7,10,18H,8-9,11H2,1-5H3,(H2,25,29)(H,26,30);8-9,17,27H,4-7,10H2,1-3H3,(H,24,28);9-12,17H,5-8H2,1-4H3,(H,21,26)(H,23,27);1-2,9,12,24H,3-8,10H2/t18-;2*17-;/m111./s1. The number of benzene rings is 3. The highest BCUT2D eigenvalue weighted by molar-refractivity contribution is 5.90. The van der Waals surface area contributed by atoms with Gasteiger partial charge in [0.25, 0.3) is 0 Å². The number of nitrogens with zero attached hydrogens (tertiary/aromatic N) is 10. The zero-order valence-electron chi connectivity index (χ0n) is 64.6. The summed E-state index contributed by atoms with van der Waals surface area (Å²) < 4.78 is 106. The first-order valence-electron chi connectivity index (χ1n) is 37.3. The summed E-state index contributed by atoms with van der Waals surface area (Å²) in [5.74, 6) is -8.04. The summed E-state index contributed by atoms with van der Waals surface area (Å²) in [6.07, 6.45) is 13.4. The normalized spacial score (nSPS) is 16.2. The van der Waals surface area contributed by atoms with E-state index in [0.29, 0.717) is 110 Å². The van der Waals surface area contributed by atoms with Crippen LogP contribution in [0.4, 0.5) is 49.9 Å². The Morgan fingerprint density at radius 2 is 1.00 bits per heavy atom. The number of carbonyl (C=O) groups is 6. The average Bonchev–Trinajstić information content (AvgIpc) is 1.64. The molecule has 13 rings (SSSR count). The first kappa shape index (κ1) is 83.3. The van der Waals surface area contributed by atoms with Crippen LogP contribution in [-0.2, 0) is 65.9 Å². The molecule has 111 heavy (non-hydrogen) atoms. The Bertz CT molecular complexity index is 4770. The lowest BCUT2D eigenvalue weighted by atomic mass is 9.75. The van der Waals surface area contributed by atoms with Crippen molar-refractivity contribution in [2.45, 2.75) is 197 Å². The monoisotopic (exact) mass is 1550 g/mol. The van der Waals surface area contributed by atoms with E-state index in [9.17, 15) is 69.7 Å². The molecule has 3 atom stereocenters. The van der Waals surface area contributed by atoms with Crippen LogP contribution in [-0.4, -0.2) is 153 Å². The second-order valence-electron chi connectivity index (χ2n) is 32.6. The summed E-state index contributed by atoms with van der Waals surface area (Å²) in [5.41, 5.74) is 13.9. The molecule has 596 valence electrons. The minimum absolute atomic E-state index is 0.0220. The van der Waals surface area contributed by atoms with Crippen molar-refractivity contribution in [2.75, 3.05) is 33.4 Å². The summed E-state index contributed by atoms with van der Waals surface area (Å²) in [4.78, 5) is 81.7. The fraction of sp³-hybridized carbons (Fsp3) is 0.487. The average molecular weight is 1550 g/mol. The van der Waals surface area contributed by atoms with E-state index >= 15 is 0 Å². The molecule has 0 radical (unpaired) electrons. The number of hydrogen-bond acceptors (Lipinski definition) is 14. The number of nitrogens with two attached hydrogens (primary N) is 1. The van der Waals surface area contributed by atoms with Crippen LogP contribution >= 0.6 is 0 Å². The molecule has 1 saturated heterocycles. The fourth-order valence-corrected chi connectivity index (χ4v) is 14.3. The van der Waals surface area contributed by atoms with Crippen molar-refractivity contribution in [1.82, 2.24) is 70.3 Å². The van der Waals surface area contributed by atoms with Crippen LogP contribution in [0, 0.1) is 62.4 Å². The van der Waals surface area contributed by atoms with Crippen LogP contribution < -0.4 is 27.0 Å². The molecular formula is C80H98F7N15O9. The number of ether oxygens (including phenoxy) is 1. The van der Waals surface area contributed by atoms with E-state index in [0.717, 1.165) is 115 Å². The largest absolute Gasteiger partial charge is 0.394 e. The van der Waals surface area contributed by atoms with Gasteiger partial charge in [-0.2, -0.15) is 39.1 Å². The van der Waals surface area contributed by atoms with Crippen LogP contribution in [0.1, 0.15) is 166 Å². The smallest absolute Gasteiger partial charge is 0.344 e. The highest BCUT2D eigenvalue weighted by Gasteiger charge is 2.39. The lowest BCUT2D eigenvalue weighted by Gasteiger charge is -2.31. The number of rotatable bonds is 10. The zero-order valence-corrected chi connectivity index (χ0v) is 64.6. The lowest BCUT2D eigenvalue weighted by molar-refractivity contribution is -0.125. The van der Waals surface area contributed by atoms with Crippen molar-refractivity contribution in [3.63, 3.8) is 0 Å². The van der Waals surface area contributed by atoms with E-state index in [1.165, 1.54) is 30.9 Å². The molecule has 0 saturated carbocycles. The van der Waals surface area contributed by atoms with Gasteiger partial charge in [-0.05, 0) is 160 Å². The minimum Gasteiger partial charge on any atom is -0.394 e. The Morgan fingerprint density at radius 1 is 0.541 bits per heavy atom. The second-order valence-corrected chi connectivity index (χ2v) is 32.6. The molecule has 3 aromatic carbocycles. The number of primary amides is 1. The lowest BCUT2D eigenvalue weighted by Crippen LogP contribution is -2.54. The van der Waals surface area contributed by atoms with Gasteiger partial charge in [-0.3, -0.25) is 14.6 Å². The van der Waals surface area contributed by atoms with Gasteiger partial charge in [0, 0.05) is 89.5 Å². The predicted molar refractivity (Wildman–Crippen MR) is 400 cm³/mol. The Kier molecular flexibility index (Phi) is 25.7. The van der Waals surface area contributed by atoms with E-state index < -0.39 is 87.6 Å². The number of hydrogen-bond donors (Lipinski definition) is 7. The summed E-state index contributed by atoms with van der Waals surface area (Å²) in [6, 6.07) is 8.45. The molecule has 2 aliphatic heterocycles. The molecular weight excluding hydrogens is 1450 g/mol. The topological polar surface area (TPSA) is 314 Å². The highest BCUT2D eigenvalue weighted by Crippen LogP contribution is 2.41. The van der Waals surface area contributed by atoms with Gasteiger partial charge in [-0.15, -0.1) is 0 Å². The molecule has 7 heterocycles. The number of piperidine rings is 1. The Morgan fingerprint density at radius 3 is 1.51 bits per heavy atom. The Labute approximate surface area is 639 Å². The maximum Gasteiger partial charge on any atom is 0.344 e. The molecule has 0 unspecified atom stereocenters. The van der Waals surface area contributed by atoms with E-state index in [2.05, 4.69) is 60.5 Å². The van der Waals surface area contributed by atoms with E-state index in [4.69, 9.17) is 10.5 Å². The van der Waals surface area contributed by atoms with Crippen LogP contribution in [0.3, 0.4) is 0 Å². The number of aliphatic hydroxyl groups is 2. The maximum absolute atomic E-state index is 14.3. The number of likely N-dealkylation sites (tertiary alicyclic amines) is 1.